The van der Waals surface area contributed by atoms with E-state index >= 15 is 0 Å². The molecular formula is C14H9ClNO5Rb. The summed E-state index contributed by atoms with van der Waals surface area (Å²) in [5, 5.41) is 20.6. The van der Waals surface area contributed by atoms with Crippen molar-refractivity contribution in [2.45, 2.75) is 6.54 Å². The van der Waals surface area contributed by atoms with Gasteiger partial charge in [-0.3, -0.25) is 4.79 Å². The van der Waals surface area contributed by atoms with Crippen LogP contribution in [0, 0.1) is 0 Å². The van der Waals surface area contributed by atoms with Crippen LogP contribution in [0.25, 0.3) is 11.3 Å². The van der Waals surface area contributed by atoms with Gasteiger partial charge in [0.25, 0.3) is 0 Å². The number of carboxylic acid groups (broad SMARTS) is 1. The van der Waals surface area contributed by atoms with E-state index in [0.717, 1.165) is 0 Å². The molecule has 0 radical (unpaired) electrons. The number of rotatable bonds is 1. The summed E-state index contributed by atoms with van der Waals surface area (Å²) in [4.78, 5) is 22.9. The fourth-order valence-corrected chi connectivity index (χ4v) is 2.42. The Kier molecular flexibility index (Phi) is 5.50. The third-order valence-electron chi connectivity index (χ3n) is 3.26. The van der Waals surface area contributed by atoms with Gasteiger partial charge in [0.1, 0.15) is 17.9 Å². The Bertz CT molecular complexity index is 818. The first-order valence-electron chi connectivity index (χ1n) is 6.09. The van der Waals surface area contributed by atoms with Crippen LogP contribution in [-0.2, 0) is 6.54 Å². The van der Waals surface area contributed by atoms with Crippen molar-refractivity contribution in [1.29, 1.82) is 0 Å². The molecule has 0 aliphatic carbocycles. The van der Waals surface area contributed by atoms with Crippen molar-refractivity contribution in [1.82, 2.24) is 4.57 Å². The van der Waals surface area contributed by atoms with Crippen LogP contribution < -0.4 is 73.5 Å². The molecule has 1 aliphatic heterocycles. The molecule has 0 bridgehead atoms. The first-order chi connectivity index (χ1) is 9.97. The molecule has 0 amide bonds. The van der Waals surface area contributed by atoms with Gasteiger partial charge in [0.05, 0.1) is 12.2 Å². The van der Waals surface area contributed by atoms with E-state index in [4.69, 9.17) is 21.4 Å². The molecule has 2 heterocycles. The van der Waals surface area contributed by atoms with E-state index in [-0.39, 0.29) is 81.1 Å². The van der Waals surface area contributed by atoms with Gasteiger partial charge in [-0.1, -0.05) is 17.4 Å². The summed E-state index contributed by atoms with van der Waals surface area (Å²) in [5.74, 6) is -1.32. The average molecular weight is 392 g/mol. The number of carbonyl (C=O) groups is 1. The van der Waals surface area contributed by atoms with Crippen molar-refractivity contribution in [3.63, 3.8) is 0 Å². The number of pyridine rings is 1. The van der Waals surface area contributed by atoms with Crippen molar-refractivity contribution in [2.75, 3.05) is 6.61 Å². The van der Waals surface area contributed by atoms with Crippen LogP contribution in [0.1, 0.15) is 10.4 Å². The molecule has 1 aromatic carbocycles. The molecule has 2 aromatic rings. The standard InChI is InChI=1S/C14H10ClNO5.Rb/c15-9-3-7-10-4-11(17)8(14(19)20)6-16(10)1-2-21-13(7)5-12(9)18;/h3-6,18H,1-2H2,(H,19,20);/q;+1/p-1. The van der Waals surface area contributed by atoms with Crippen LogP contribution in [0.4, 0.5) is 0 Å². The smallest absolute Gasteiger partial charge is 0.871 e. The Balaban J connectivity index is 0.00000176. The molecule has 8 heteroatoms. The number of halogens is 1. The Labute approximate surface area is 179 Å². The SMILES string of the molecule is O=C(O)c1cn2c(cc1=O)-c1cc(Cl)c([O-])cc1OCC2.[Rb+]. The van der Waals surface area contributed by atoms with E-state index in [9.17, 15) is 14.7 Å². The van der Waals surface area contributed by atoms with Crippen molar-refractivity contribution in [3.8, 4) is 22.8 Å². The number of aromatic nitrogens is 1. The molecule has 1 N–H and O–H groups in total. The number of ether oxygens (including phenoxy) is 1. The van der Waals surface area contributed by atoms with E-state index in [2.05, 4.69) is 0 Å². The second kappa shape index (κ2) is 6.84. The molecule has 1 aromatic heterocycles. The van der Waals surface area contributed by atoms with Crippen molar-refractivity contribution < 1.29 is 77.9 Å². The molecule has 108 valence electrons. The third-order valence-corrected chi connectivity index (χ3v) is 3.55. The van der Waals surface area contributed by atoms with Crippen LogP contribution in [0.15, 0.2) is 29.2 Å². The predicted molar refractivity (Wildman–Crippen MR) is 73.0 cm³/mol. The van der Waals surface area contributed by atoms with Crippen LogP contribution in [0.3, 0.4) is 0 Å². The second-order valence-corrected chi connectivity index (χ2v) is 4.97. The number of hydrogen-bond donors (Lipinski definition) is 1. The maximum Gasteiger partial charge on any atom is 1.00 e. The topological polar surface area (TPSA) is 91.6 Å². The largest absolute Gasteiger partial charge is 1.00 e. The zero-order valence-corrected chi connectivity index (χ0v) is 17.3. The third kappa shape index (κ3) is 3.16. The fraction of sp³-hybridized carbons (Fsp3) is 0.143. The number of fused-ring (bicyclic) bond motifs is 3. The van der Waals surface area contributed by atoms with E-state index in [1.54, 1.807) is 4.57 Å². The number of carboxylic acids is 1. The summed E-state index contributed by atoms with van der Waals surface area (Å²) in [6.45, 7) is 0.611. The quantitative estimate of drug-likeness (QED) is 0.627. The number of nitrogens with zero attached hydrogens (tertiary/aromatic N) is 1. The van der Waals surface area contributed by atoms with Gasteiger partial charge < -0.3 is 19.5 Å². The maximum atomic E-state index is 11.9. The molecule has 0 atom stereocenters. The zero-order valence-electron chi connectivity index (χ0n) is 11.6. The molecule has 1 aliphatic rings. The predicted octanol–water partition coefficient (Wildman–Crippen LogP) is -1.66. The number of aromatic carboxylic acids is 1. The van der Waals surface area contributed by atoms with E-state index in [1.165, 1.54) is 24.4 Å². The Hall–Kier alpha value is -0.665. The van der Waals surface area contributed by atoms with E-state index in [1.807, 2.05) is 0 Å². The molecule has 3 rings (SSSR count). The zero-order chi connectivity index (χ0) is 15.1. The monoisotopic (exact) mass is 391 g/mol. The van der Waals surface area contributed by atoms with Gasteiger partial charge >= 0.3 is 64.2 Å². The second-order valence-electron chi connectivity index (χ2n) is 4.56. The normalized spacial score (nSPS) is 12.2. The van der Waals surface area contributed by atoms with Crippen LogP contribution in [0.2, 0.25) is 5.02 Å². The minimum atomic E-state index is -1.28. The molecule has 0 fully saturated rings. The van der Waals surface area contributed by atoms with Crippen LogP contribution in [0.5, 0.6) is 11.5 Å². The molecule has 22 heavy (non-hydrogen) atoms. The van der Waals surface area contributed by atoms with Gasteiger partial charge in [0, 0.05) is 22.8 Å². The van der Waals surface area contributed by atoms with Gasteiger partial charge in [-0.15, -0.1) is 0 Å². The summed E-state index contributed by atoms with van der Waals surface area (Å²) in [7, 11) is 0. The summed E-state index contributed by atoms with van der Waals surface area (Å²) < 4.78 is 7.09. The van der Waals surface area contributed by atoms with Gasteiger partial charge in [-0.2, -0.15) is 0 Å². The van der Waals surface area contributed by atoms with Gasteiger partial charge in [-0.25, -0.2) is 4.79 Å². The summed E-state index contributed by atoms with van der Waals surface area (Å²) in [5.41, 5.74) is 0.0446. The first-order valence-corrected chi connectivity index (χ1v) is 6.46. The summed E-state index contributed by atoms with van der Waals surface area (Å²) in [6, 6.07) is 3.91. The van der Waals surface area contributed by atoms with Crippen molar-refractivity contribution in [2.24, 2.45) is 0 Å². The minimum absolute atomic E-state index is 0. The molecule has 0 unspecified atom stereocenters. The first kappa shape index (κ1) is 17.7. The number of hydrogen-bond acceptors (Lipinski definition) is 4. The minimum Gasteiger partial charge on any atom is -0.871 e. The summed E-state index contributed by atoms with van der Waals surface area (Å²) in [6.07, 6.45) is 1.28. The van der Waals surface area contributed by atoms with Crippen LogP contribution >= 0.6 is 11.6 Å². The fourth-order valence-electron chi connectivity index (χ4n) is 2.26. The van der Waals surface area contributed by atoms with Gasteiger partial charge in [0.2, 0.25) is 0 Å². The van der Waals surface area contributed by atoms with Crippen LogP contribution in [-0.4, -0.2) is 22.2 Å². The van der Waals surface area contributed by atoms with E-state index < -0.39 is 11.4 Å². The number of benzene rings is 1. The summed E-state index contributed by atoms with van der Waals surface area (Å²) >= 11 is 5.84. The molecule has 0 saturated heterocycles. The Morgan fingerprint density at radius 3 is 2.77 bits per heavy atom. The van der Waals surface area contributed by atoms with Crippen molar-refractivity contribution >= 4 is 17.6 Å². The average Bonchev–Trinajstić information content (AvgIpc) is 2.58. The molecular weight excluding hydrogens is 383 g/mol. The maximum absolute atomic E-state index is 11.9. The Morgan fingerprint density at radius 1 is 1.36 bits per heavy atom. The molecule has 6 nitrogen and oxygen atoms in total. The molecule has 0 saturated carbocycles. The van der Waals surface area contributed by atoms with E-state index in [0.29, 0.717) is 23.6 Å². The Morgan fingerprint density at radius 2 is 2.09 bits per heavy atom. The molecule has 0 spiro atoms. The van der Waals surface area contributed by atoms with Crippen molar-refractivity contribution in [3.05, 3.63) is 45.2 Å². The van der Waals surface area contributed by atoms with Gasteiger partial charge in [-0.05, 0) is 12.1 Å². The van der Waals surface area contributed by atoms with Gasteiger partial charge in [0.15, 0.2) is 5.43 Å².